The number of likely N-dealkylation sites (tertiary alicyclic amines) is 1. The average Bonchev–Trinajstić information content (AvgIpc) is 2.49. The van der Waals surface area contributed by atoms with Gasteiger partial charge in [0.05, 0.1) is 0 Å². The Morgan fingerprint density at radius 1 is 1.27 bits per heavy atom. The van der Waals surface area contributed by atoms with Gasteiger partial charge in [-0.2, -0.15) is 0 Å². The Morgan fingerprint density at radius 3 is 2.67 bits per heavy atom. The van der Waals surface area contributed by atoms with Crippen molar-refractivity contribution in [3.8, 4) is 0 Å². The molecule has 1 N–H and O–H groups in total. The van der Waals surface area contributed by atoms with Crippen molar-refractivity contribution in [2.75, 3.05) is 19.6 Å². The summed E-state index contributed by atoms with van der Waals surface area (Å²) in [5.74, 6) is 1.76. The predicted molar refractivity (Wildman–Crippen MR) is 65.0 cm³/mol. The van der Waals surface area contributed by atoms with E-state index >= 15 is 0 Å². The van der Waals surface area contributed by atoms with Gasteiger partial charge in [-0.1, -0.05) is 13.8 Å². The molecular weight excluding hydrogens is 184 g/mol. The quantitative estimate of drug-likeness (QED) is 0.751. The van der Waals surface area contributed by atoms with Crippen molar-refractivity contribution in [2.24, 2.45) is 11.8 Å². The maximum absolute atomic E-state index is 3.69. The fraction of sp³-hybridized carbons (Fsp3) is 1.00. The summed E-state index contributed by atoms with van der Waals surface area (Å²) in [5, 5.41) is 3.69. The van der Waals surface area contributed by atoms with Crippen LogP contribution < -0.4 is 5.32 Å². The Hall–Kier alpha value is -0.0800. The summed E-state index contributed by atoms with van der Waals surface area (Å²) in [4.78, 5) is 2.68. The standard InChI is InChI=1S/C13H26N2/c1-10-7-12(3)15(8-10)9-13-11(2)5-4-6-14-13/h10-14H,4-9H2,1-3H3. The normalized spacial score (nSPS) is 43.4. The monoisotopic (exact) mass is 210 g/mol. The van der Waals surface area contributed by atoms with Crippen molar-refractivity contribution in [1.82, 2.24) is 10.2 Å². The minimum absolute atomic E-state index is 0.742. The number of piperidine rings is 1. The van der Waals surface area contributed by atoms with Crippen molar-refractivity contribution >= 4 is 0 Å². The highest BCUT2D eigenvalue weighted by Crippen LogP contribution is 2.24. The molecular formula is C13H26N2. The van der Waals surface area contributed by atoms with E-state index in [1.54, 1.807) is 0 Å². The molecule has 2 aliphatic rings. The topological polar surface area (TPSA) is 15.3 Å². The van der Waals surface area contributed by atoms with Crippen LogP contribution in [0.25, 0.3) is 0 Å². The molecule has 0 radical (unpaired) electrons. The summed E-state index contributed by atoms with van der Waals surface area (Å²) in [6.45, 7) is 11.0. The summed E-state index contributed by atoms with van der Waals surface area (Å²) >= 11 is 0. The van der Waals surface area contributed by atoms with Crippen LogP contribution in [0.3, 0.4) is 0 Å². The zero-order chi connectivity index (χ0) is 10.8. The number of rotatable bonds is 2. The molecule has 0 spiro atoms. The van der Waals surface area contributed by atoms with Crippen molar-refractivity contribution in [3.63, 3.8) is 0 Å². The molecule has 2 aliphatic heterocycles. The second-order valence-corrected chi connectivity index (χ2v) is 5.82. The first kappa shape index (κ1) is 11.4. The molecule has 2 heterocycles. The lowest BCUT2D eigenvalue weighted by atomic mass is 9.92. The molecule has 0 bridgehead atoms. The van der Waals surface area contributed by atoms with E-state index in [1.165, 1.54) is 38.9 Å². The van der Waals surface area contributed by atoms with Crippen LogP contribution in [0.5, 0.6) is 0 Å². The van der Waals surface area contributed by atoms with Crippen molar-refractivity contribution in [2.45, 2.75) is 52.1 Å². The first-order valence-electron chi connectivity index (χ1n) is 6.64. The van der Waals surface area contributed by atoms with Crippen LogP contribution in [0.15, 0.2) is 0 Å². The molecule has 4 unspecified atom stereocenters. The number of nitrogens with one attached hydrogen (secondary N) is 1. The van der Waals surface area contributed by atoms with Crippen LogP contribution in [0.4, 0.5) is 0 Å². The SMILES string of the molecule is CC1CC(C)N(CC2NCCCC2C)C1. The van der Waals surface area contributed by atoms with E-state index < -0.39 is 0 Å². The fourth-order valence-electron chi connectivity index (χ4n) is 3.25. The summed E-state index contributed by atoms with van der Waals surface area (Å²) < 4.78 is 0. The molecule has 0 aromatic rings. The van der Waals surface area contributed by atoms with Gasteiger partial charge in [0.15, 0.2) is 0 Å². The molecule has 2 fully saturated rings. The molecule has 0 saturated carbocycles. The Balaban J connectivity index is 1.85. The van der Waals surface area contributed by atoms with Gasteiger partial charge < -0.3 is 5.32 Å². The van der Waals surface area contributed by atoms with Gasteiger partial charge in [0, 0.05) is 25.2 Å². The molecule has 2 rings (SSSR count). The molecule has 0 aromatic heterocycles. The molecule has 2 heteroatoms. The summed E-state index contributed by atoms with van der Waals surface area (Å²) in [6, 6.07) is 1.54. The molecule has 0 aliphatic carbocycles. The summed E-state index contributed by atoms with van der Waals surface area (Å²) in [6.07, 6.45) is 4.17. The maximum atomic E-state index is 3.69. The number of nitrogens with zero attached hydrogens (tertiary/aromatic N) is 1. The molecule has 0 aromatic carbocycles. The van der Waals surface area contributed by atoms with Gasteiger partial charge in [-0.25, -0.2) is 0 Å². The second kappa shape index (κ2) is 4.84. The average molecular weight is 210 g/mol. The highest BCUT2D eigenvalue weighted by Gasteiger charge is 2.30. The third-order valence-corrected chi connectivity index (χ3v) is 4.27. The third kappa shape index (κ3) is 2.73. The van der Waals surface area contributed by atoms with Crippen molar-refractivity contribution in [1.29, 1.82) is 0 Å². The van der Waals surface area contributed by atoms with Crippen molar-refractivity contribution in [3.05, 3.63) is 0 Å². The summed E-state index contributed by atoms with van der Waals surface area (Å²) in [5.41, 5.74) is 0. The third-order valence-electron chi connectivity index (χ3n) is 4.27. The van der Waals surface area contributed by atoms with E-state index in [0.717, 1.165) is 23.9 Å². The highest BCUT2D eigenvalue weighted by molar-refractivity contribution is 4.87. The molecule has 15 heavy (non-hydrogen) atoms. The first-order valence-corrected chi connectivity index (χ1v) is 6.64. The van der Waals surface area contributed by atoms with Crippen LogP contribution in [0.2, 0.25) is 0 Å². The van der Waals surface area contributed by atoms with Crippen LogP contribution in [-0.4, -0.2) is 36.6 Å². The minimum Gasteiger partial charge on any atom is -0.312 e. The van der Waals surface area contributed by atoms with Crippen LogP contribution in [-0.2, 0) is 0 Å². The van der Waals surface area contributed by atoms with Gasteiger partial charge in [0.2, 0.25) is 0 Å². The molecule has 2 saturated heterocycles. The van der Waals surface area contributed by atoms with Gasteiger partial charge in [-0.3, -0.25) is 4.90 Å². The Bertz CT molecular complexity index is 201. The van der Waals surface area contributed by atoms with Crippen LogP contribution in [0.1, 0.15) is 40.0 Å². The van der Waals surface area contributed by atoms with Gasteiger partial charge >= 0.3 is 0 Å². The second-order valence-electron chi connectivity index (χ2n) is 5.82. The zero-order valence-electron chi connectivity index (χ0n) is 10.5. The molecule has 4 atom stereocenters. The van der Waals surface area contributed by atoms with Gasteiger partial charge in [-0.05, 0) is 44.6 Å². The number of hydrogen-bond acceptors (Lipinski definition) is 2. The lowest BCUT2D eigenvalue weighted by molar-refractivity contribution is 0.184. The smallest absolute Gasteiger partial charge is 0.0220 e. The molecule has 88 valence electrons. The van der Waals surface area contributed by atoms with Crippen LogP contribution >= 0.6 is 0 Å². The Morgan fingerprint density at radius 2 is 2.07 bits per heavy atom. The van der Waals surface area contributed by atoms with E-state index in [-0.39, 0.29) is 0 Å². The van der Waals surface area contributed by atoms with E-state index in [1.807, 2.05) is 0 Å². The lowest BCUT2D eigenvalue weighted by Gasteiger charge is -2.34. The van der Waals surface area contributed by atoms with E-state index in [9.17, 15) is 0 Å². The lowest BCUT2D eigenvalue weighted by Crippen LogP contribution is -2.48. The Labute approximate surface area is 94.4 Å². The van der Waals surface area contributed by atoms with Gasteiger partial charge in [0.1, 0.15) is 0 Å². The van der Waals surface area contributed by atoms with E-state index in [2.05, 4.69) is 31.0 Å². The largest absolute Gasteiger partial charge is 0.312 e. The molecule has 0 amide bonds. The maximum Gasteiger partial charge on any atom is 0.0220 e. The molecule has 2 nitrogen and oxygen atoms in total. The minimum atomic E-state index is 0.742. The fourth-order valence-corrected chi connectivity index (χ4v) is 3.25. The van der Waals surface area contributed by atoms with Crippen LogP contribution in [0, 0.1) is 11.8 Å². The first-order chi connectivity index (χ1) is 7.16. The Kier molecular flexibility index (Phi) is 3.68. The van der Waals surface area contributed by atoms with Crippen molar-refractivity contribution < 1.29 is 0 Å². The van der Waals surface area contributed by atoms with E-state index in [4.69, 9.17) is 0 Å². The highest BCUT2D eigenvalue weighted by atomic mass is 15.2. The predicted octanol–water partition coefficient (Wildman–Crippen LogP) is 2.10. The zero-order valence-corrected chi connectivity index (χ0v) is 10.5. The number of hydrogen-bond donors (Lipinski definition) is 1. The van der Waals surface area contributed by atoms with Gasteiger partial charge in [0.25, 0.3) is 0 Å². The summed E-state index contributed by atoms with van der Waals surface area (Å²) in [7, 11) is 0. The van der Waals surface area contributed by atoms with E-state index in [0.29, 0.717) is 0 Å². The van der Waals surface area contributed by atoms with Gasteiger partial charge in [-0.15, -0.1) is 0 Å².